The van der Waals surface area contributed by atoms with Crippen molar-refractivity contribution in [2.75, 3.05) is 43.4 Å². The number of nitrogens with zero attached hydrogens (tertiary/aromatic N) is 4. The van der Waals surface area contributed by atoms with Gasteiger partial charge in [-0.15, -0.1) is 0 Å². The highest BCUT2D eigenvalue weighted by molar-refractivity contribution is 8.00. The molecule has 2 fully saturated rings. The van der Waals surface area contributed by atoms with Crippen LogP contribution in [0.2, 0.25) is 0 Å². The van der Waals surface area contributed by atoms with E-state index in [1.165, 1.54) is 43.9 Å². The van der Waals surface area contributed by atoms with Crippen molar-refractivity contribution in [3.63, 3.8) is 0 Å². The number of amides is 2. The van der Waals surface area contributed by atoms with Crippen LogP contribution in [0.4, 0.5) is 5.69 Å². The molecule has 0 atom stereocenters. The van der Waals surface area contributed by atoms with E-state index in [9.17, 15) is 9.59 Å². The molecular weight excluding hydrogens is 372 g/mol. The molecular formula is C21H30N4O2S. The standard InChI is InChI=1S/C21H30N4O2S/c1-15-12-16(2)22-21-20(15)25(19(27)14-28-21)13-18(26)24-10-8-23(9-11-24)17-6-4-3-5-7-17/h12,17H,3-11,13-14H2,1-2H3. The van der Waals surface area contributed by atoms with Gasteiger partial charge in [0.2, 0.25) is 11.8 Å². The van der Waals surface area contributed by atoms with Crippen molar-refractivity contribution < 1.29 is 9.59 Å². The quantitative estimate of drug-likeness (QED) is 0.778. The zero-order valence-corrected chi connectivity index (χ0v) is 17.8. The minimum Gasteiger partial charge on any atom is -0.339 e. The van der Waals surface area contributed by atoms with Gasteiger partial charge in [0.25, 0.3) is 0 Å². The molecule has 152 valence electrons. The van der Waals surface area contributed by atoms with Crippen LogP contribution in [0.3, 0.4) is 0 Å². The second kappa shape index (κ2) is 8.41. The second-order valence-electron chi connectivity index (χ2n) is 8.21. The molecule has 0 spiro atoms. The topological polar surface area (TPSA) is 56.8 Å². The Morgan fingerprint density at radius 2 is 1.86 bits per heavy atom. The molecule has 0 unspecified atom stereocenters. The number of fused-ring (bicyclic) bond motifs is 1. The van der Waals surface area contributed by atoms with Crippen LogP contribution >= 0.6 is 11.8 Å². The molecule has 3 heterocycles. The summed E-state index contributed by atoms with van der Waals surface area (Å²) in [5.74, 6) is 0.404. The van der Waals surface area contributed by atoms with Gasteiger partial charge in [-0.3, -0.25) is 19.4 Å². The van der Waals surface area contributed by atoms with Gasteiger partial charge in [-0.25, -0.2) is 4.98 Å². The highest BCUT2D eigenvalue weighted by atomic mass is 32.2. The average molecular weight is 403 g/mol. The van der Waals surface area contributed by atoms with Gasteiger partial charge in [-0.05, 0) is 38.3 Å². The molecule has 1 aromatic rings. The molecule has 0 bridgehead atoms. The minimum absolute atomic E-state index is 0.000412. The maximum atomic E-state index is 13.0. The Morgan fingerprint density at radius 1 is 1.14 bits per heavy atom. The van der Waals surface area contributed by atoms with Crippen LogP contribution in [-0.2, 0) is 9.59 Å². The highest BCUT2D eigenvalue weighted by Crippen LogP contribution is 2.36. The lowest BCUT2D eigenvalue weighted by Gasteiger charge is -2.41. The first-order valence-corrected chi connectivity index (χ1v) is 11.4. The molecule has 1 aromatic heterocycles. The third-order valence-electron chi connectivity index (χ3n) is 6.23. The van der Waals surface area contributed by atoms with Crippen LogP contribution < -0.4 is 4.90 Å². The van der Waals surface area contributed by atoms with Crippen molar-refractivity contribution in [1.82, 2.24) is 14.8 Å². The molecule has 1 saturated carbocycles. The monoisotopic (exact) mass is 402 g/mol. The van der Waals surface area contributed by atoms with Crippen LogP contribution in [0.5, 0.6) is 0 Å². The summed E-state index contributed by atoms with van der Waals surface area (Å²) in [7, 11) is 0. The van der Waals surface area contributed by atoms with Crippen LogP contribution in [0.25, 0.3) is 0 Å². The van der Waals surface area contributed by atoms with E-state index in [1.54, 1.807) is 4.90 Å². The minimum atomic E-state index is 0.000412. The third kappa shape index (κ3) is 4.06. The normalized spacial score (nSPS) is 21.7. The first kappa shape index (κ1) is 19.7. The Labute approximate surface area is 171 Å². The summed E-state index contributed by atoms with van der Waals surface area (Å²) in [5.41, 5.74) is 2.78. The van der Waals surface area contributed by atoms with E-state index in [0.717, 1.165) is 48.1 Å². The number of aryl methyl sites for hydroxylation is 2. The molecule has 3 aliphatic rings. The number of aromatic nitrogens is 1. The van der Waals surface area contributed by atoms with Crippen molar-refractivity contribution in [3.8, 4) is 0 Å². The number of piperazine rings is 1. The summed E-state index contributed by atoms with van der Waals surface area (Å²) in [6.45, 7) is 7.53. The van der Waals surface area contributed by atoms with Gasteiger partial charge < -0.3 is 4.90 Å². The van der Waals surface area contributed by atoms with Gasteiger partial charge in [-0.1, -0.05) is 31.0 Å². The Kier molecular flexibility index (Phi) is 5.92. The number of rotatable bonds is 3. The number of carbonyl (C=O) groups excluding carboxylic acids is 2. The van der Waals surface area contributed by atoms with Crippen LogP contribution in [0.1, 0.15) is 43.4 Å². The maximum absolute atomic E-state index is 13.0. The summed E-state index contributed by atoms with van der Waals surface area (Å²) in [5, 5.41) is 0.868. The van der Waals surface area contributed by atoms with Gasteiger partial charge in [0.05, 0.1) is 11.4 Å². The van der Waals surface area contributed by atoms with E-state index >= 15 is 0 Å². The van der Waals surface area contributed by atoms with Crippen molar-refractivity contribution in [2.45, 2.75) is 57.0 Å². The molecule has 1 saturated heterocycles. The Morgan fingerprint density at radius 3 is 2.57 bits per heavy atom. The summed E-state index contributed by atoms with van der Waals surface area (Å²) < 4.78 is 0. The Balaban J connectivity index is 1.40. The first-order chi connectivity index (χ1) is 13.5. The number of hydrogen-bond donors (Lipinski definition) is 0. The summed E-state index contributed by atoms with van der Waals surface area (Å²) in [6, 6.07) is 2.69. The molecule has 28 heavy (non-hydrogen) atoms. The summed E-state index contributed by atoms with van der Waals surface area (Å²) >= 11 is 1.47. The molecule has 0 aromatic carbocycles. The number of carbonyl (C=O) groups is 2. The largest absolute Gasteiger partial charge is 0.339 e. The lowest BCUT2D eigenvalue weighted by molar-refractivity contribution is -0.133. The predicted molar refractivity (Wildman–Crippen MR) is 112 cm³/mol. The van der Waals surface area contributed by atoms with E-state index in [1.807, 2.05) is 24.8 Å². The molecule has 0 radical (unpaired) electrons. The van der Waals surface area contributed by atoms with Crippen LogP contribution in [-0.4, -0.2) is 71.1 Å². The van der Waals surface area contributed by atoms with E-state index in [0.29, 0.717) is 11.8 Å². The number of anilines is 1. The lowest BCUT2D eigenvalue weighted by Crippen LogP contribution is -2.54. The molecule has 1 aliphatic carbocycles. The van der Waals surface area contributed by atoms with E-state index in [2.05, 4.69) is 9.88 Å². The van der Waals surface area contributed by atoms with Crippen molar-refractivity contribution in [2.24, 2.45) is 0 Å². The third-order valence-corrected chi connectivity index (χ3v) is 7.18. The van der Waals surface area contributed by atoms with Crippen LogP contribution in [0, 0.1) is 13.8 Å². The zero-order valence-electron chi connectivity index (χ0n) is 16.9. The lowest BCUT2D eigenvalue weighted by atomic mass is 9.94. The second-order valence-corrected chi connectivity index (χ2v) is 9.18. The fourth-order valence-corrected chi connectivity index (χ4v) is 5.78. The molecule has 2 aliphatic heterocycles. The molecule has 7 heteroatoms. The SMILES string of the molecule is Cc1cc(C)c2c(n1)SCC(=O)N2CC(=O)N1CCN(C2CCCCC2)CC1. The van der Waals surface area contributed by atoms with Crippen molar-refractivity contribution in [3.05, 3.63) is 17.3 Å². The molecule has 4 rings (SSSR count). The van der Waals surface area contributed by atoms with Gasteiger partial charge in [0.15, 0.2) is 0 Å². The smallest absolute Gasteiger partial charge is 0.242 e. The Bertz CT molecular complexity index is 755. The zero-order chi connectivity index (χ0) is 19.7. The summed E-state index contributed by atoms with van der Waals surface area (Å²) in [6.07, 6.45) is 6.65. The Hall–Kier alpha value is -1.60. The number of hydrogen-bond acceptors (Lipinski definition) is 5. The highest BCUT2D eigenvalue weighted by Gasteiger charge is 2.32. The van der Waals surface area contributed by atoms with E-state index in [-0.39, 0.29) is 18.4 Å². The molecule has 6 nitrogen and oxygen atoms in total. The van der Waals surface area contributed by atoms with Crippen molar-refractivity contribution >= 4 is 29.3 Å². The molecule has 2 amide bonds. The van der Waals surface area contributed by atoms with Gasteiger partial charge >= 0.3 is 0 Å². The van der Waals surface area contributed by atoms with E-state index < -0.39 is 0 Å². The van der Waals surface area contributed by atoms with Gasteiger partial charge in [0, 0.05) is 37.9 Å². The average Bonchev–Trinajstić information content (AvgIpc) is 2.70. The number of thioether (sulfide) groups is 1. The van der Waals surface area contributed by atoms with Gasteiger partial charge in [-0.2, -0.15) is 0 Å². The summed E-state index contributed by atoms with van der Waals surface area (Å²) in [4.78, 5) is 36.3. The maximum Gasteiger partial charge on any atom is 0.242 e. The fraction of sp³-hybridized carbons (Fsp3) is 0.667. The molecule has 0 N–H and O–H groups in total. The first-order valence-electron chi connectivity index (χ1n) is 10.5. The number of pyridine rings is 1. The van der Waals surface area contributed by atoms with E-state index in [4.69, 9.17) is 0 Å². The predicted octanol–water partition coefficient (Wildman–Crippen LogP) is 2.61. The van der Waals surface area contributed by atoms with Crippen molar-refractivity contribution in [1.29, 1.82) is 0 Å². The van der Waals surface area contributed by atoms with Crippen LogP contribution in [0.15, 0.2) is 11.1 Å². The fourth-order valence-electron chi connectivity index (χ4n) is 4.74. The van der Waals surface area contributed by atoms with Gasteiger partial charge in [0.1, 0.15) is 11.6 Å².